The van der Waals surface area contributed by atoms with E-state index in [1.807, 2.05) is 0 Å². The molecule has 0 aromatic heterocycles. The molecule has 0 saturated carbocycles. The molecule has 0 radical (unpaired) electrons. The molecule has 2 aliphatic carbocycles. The second-order valence-electron chi connectivity index (χ2n) is 14.6. The quantitative estimate of drug-likeness (QED) is 0.153. The number of allylic oxidation sites excluding steroid dienone is 4. The van der Waals surface area contributed by atoms with Crippen LogP contribution in [0.2, 0.25) is 0 Å². The van der Waals surface area contributed by atoms with E-state index in [1.54, 1.807) is 0 Å². The minimum atomic E-state index is 0.314. The van der Waals surface area contributed by atoms with Crippen LogP contribution in [0.25, 0.3) is 78.2 Å². The van der Waals surface area contributed by atoms with Gasteiger partial charge in [0.25, 0.3) is 0 Å². The summed E-state index contributed by atoms with van der Waals surface area (Å²) in [5, 5.41) is 7.85. The first kappa shape index (κ1) is 32.2. The number of rotatable bonds is 6. The van der Waals surface area contributed by atoms with E-state index in [9.17, 15) is 0 Å². The fraction of sp³-hybridized carbons (Fsp3) is 0.0741. The predicted octanol–water partition coefficient (Wildman–Crippen LogP) is 13.0. The summed E-state index contributed by atoms with van der Waals surface area (Å²) in [5.74, 6) is 0.314. The number of fused-ring (bicyclic) bond motifs is 3. The first-order valence-corrected chi connectivity index (χ1v) is 19.3. The van der Waals surface area contributed by atoms with Crippen molar-refractivity contribution in [3.63, 3.8) is 0 Å². The van der Waals surface area contributed by atoms with Crippen molar-refractivity contribution < 1.29 is 0 Å². The van der Waals surface area contributed by atoms with Crippen molar-refractivity contribution in [2.24, 2.45) is 0 Å². The van der Waals surface area contributed by atoms with Crippen molar-refractivity contribution >= 4 is 44.8 Å². The van der Waals surface area contributed by atoms with Gasteiger partial charge < -0.3 is 0 Å². The normalized spacial score (nSPS) is 15.1. The highest BCUT2D eigenvalue weighted by molar-refractivity contribution is 6.24. The highest BCUT2D eigenvalue weighted by Gasteiger charge is 2.25. The minimum Gasteiger partial charge on any atom is -0.0763 e. The van der Waals surface area contributed by atoms with Gasteiger partial charge in [-0.15, -0.1) is 0 Å². The van der Waals surface area contributed by atoms with Crippen molar-refractivity contribution in [1.29, 1.82) is 0 Å². The average Bonchev–Trinajstić information content (AvgIpc) is 3.26. The highest BCUT2D eigenvalue weighted by atomic mass is 14.3. The van der Waals surface area contributed by atoms with Gasteiger partial charge in [-0.25, -0.2) is 0 Å². The lowest BCUT2D eigenvalue weighted by Gasteiger charge is -2.27. The van der Waals surface area contributed by atoms with Gasteiger partial charge in [0.05, 0.1) is 0 Å². The fourth-order valence-electron chi connectivity index (χ4n) is 8.85. The molecule has 10 rings (SSSR count). The minimum absolute atomic E-state index is 0.314. The smallest absolute Gasteiger partial charge is 0.00622 e. The summed E-state index contributed by atoms with van der Waals surface area (Å²) in [4.78, 5) is 0. The molecular formula is C54H40. The van der Waals surface area contributed by atoms with E-state index in [2.05, 4.69) is 200 Å². The molecule has 8 aromatic rings. The molecule has 54 heavy (non-hydrogen) atoms. The van der Waals surface area contributed by atoms with Crippen LogP contribution in [0.3, 0.4) is 0 Å². The van der Waals surface area contributed by atoms with Crippen molar-refractivity contribution in [2.45, 2.75) is 25.2 Å². The zero-order valence-electron chi connectivity index (χ0n) is 30.3. The van der Waals surface area contributed by atoms with Crippen LogP contribution < -0.4 is 10.4 Å². The van der Waals surface area contributed by atoms with Crippen molar-refractivity contribution in [3.8, 4) is 33.4 Å². The van der Waals surface area contributed by atoms with Crippen LogP contribution in [0.5, 0.6) is 0 Å². The molecular weight excluding hydrogens is 649 g/mol. The Morgan fingerprint density at radius 3 is 1.54 bits per heavy atom. The fourth-order valence-corrected chi connectivity index (χ4v) is 8.85. The van der Waals surface area contributed by atoms with Crippen LogP contribution in [-0.2, 0) is 0 Å². The first-order valence-electron chi connectivity index (χ1n) is 19.3. The van der Waals surface area contributed by atoms with Gasteiger partial charge in [0.15, 0.2) is 0 Å². The maximum atomic E-state index is 2.53. The molecule has 1 atom stereocenters. The predicted molar refractivity (Wildman–Crippen MR) is 231 cm³/mol. The van der Waals surface area contributed by atoms with Crippen molar-refractivity contribution in [3.05, 3.63) is 215 Å². The third-order valence-electron chi connectivity index (χ3n) is 11.4. The Kier molecular flexibility index (Phi) is 8.23. The van der Waals surface area contributed by atoms with E-state index in [4.69, 9.17) is 0 Å². The van der Waals surface area contributed by atoms with Crippen LogP contribution in [0.1, 0.15) is 41.9 Å². The van der Waals surface area contributed by atoms with Gasteiger partial charge in [-0.3, -0.25) is 0 Å². The highest BCUT2D eigenvalue weighted by Crippen LogP contribution is 2.49. The van der Waals surface area contributed by atoms with Gasteiger partial charge in [0.2, 0.25) is 0 Å². The van der Waals surface area contributed by atoms with Gasteiger partial charge in [-0.05, 0) is 131 Å². The van der Waals surface area contributed by atoms with Crippen molar-refractivity contribution in [2.75, 3.05) is 0 Å². The molecule has 0 N–H and O–H groups in total. The van der Waals surface area contributed by atoms with Gasteiger partial charge in [-0.1, -0.05) is 182 Å². The van der Waals surface area contributed by atoms with Gasteiger partial charge in [-0.2, -0.15) is 0 Å². The Bertz CT molecular complexity index is 2860. The zero-order chi connectivity index (χ0) is 35.8. The molecule has 0 nitrogen and oxygen atoms in total. The SMILES string of the molecule is C1=C(c2ccccc2)C(c2c3ccccc3c(-c3ccc(-c4ccccc4)cc3-c3ccccc3)c3cc4c(cc23)=CCCC=4)=CCC1c1ccccc1. The van der Waals surface area contributed by atoms with Crippen molar-refractivity contribution in [1.82, 2.24) is 0 Å². The van der Waals surface area contributed by atoms with Crippen LogP contribution in [-0.4, -0.2) is 0 Å². The molecule has 1 unspecified atom stereocenters. The summed E-state index contributed by atoms with van der Waals surface area (Å²) in [6, 6.07) is 64.9. The van der Waals surface area contributed by atoms with E-state index >= 15 is 0 Å². The van der Waals surface area contributed by atoms with E-state index in [0.29, 0.717) is 5.92 Å². The van der Waals surface area contributed by atoms with E-state index in [-0.39, 0.29) is 0 Å². The lowest BCUT2D eigenvalue weighted by molar-refractivity contribution is 0.860. The standard InChI is InChI=1S/C54H40/c1-5-17-37(18-6-1)43-29-31-47(49(33-43)39-21-9-3-10-22-39)53-45-27-15-16-28-46(45)54(52-36-42-26-14-13-25-41(42)35-51(52)53)48-32-30-44(38-19-7-2-8-20-38)34-50(48)40-23-11-4-12-24-40/h1-12,15-29,31-36,44H,13-14,30H2. The first-order chi connectivity index (χ1) is 26.8. The molecule has 0 heteroatoms. The molecule has 8 aromatic carbocycles. The monoisotopic (exact) mass is 688 g/mol. The summed E-state index contributed by atoms with van der Waals surface area (Å²) in [7, 11) is 0. The molecule has 0 amide bonds. The van der Waals surface area contributed by atoms with Gasteiger partial charge >= 0.3 is 0 Å². The molecule has 0 heterocycles. The Labute approximate surface area is 317 Å². The maximum Gasteiger partial charge on any atom is 0.00622 e. The largest absolute Gasteiger partial charge is 0.0763 e. The third kappa shape index (κ3) is 5.72. The molecule has 256 valence electrons. The topological polar surface area (TPSA) is 0 Å². The second kappa shape index (κ2) is 13.8. The molecule has 0 bridgehead atoms. The van der Waals surface area contributed by atoms with E-state index in [1.165, 1.54) is 93.2 Å². The van der Waals surface area contributed by atoms with Gasteiger partial charge in [0.1, 0.15) is 0 Å². The van der Waals surface area contributed by atoms with E-state index < -0.39 is 0 Å². The van der Waals surface area contributed by atoms with E-state index in [0.717, 1.165) is 19.3 Å². The molecule has 0 aliphatic heterocycles. The Morgan fingerprint density at radius 2 is 0.889 bits per heavy atom. The lowest BCUT2D eigenvalue weighted by atomic mass is 9.77. The summed E-state index contributed by atoms with van der Waals surface area (Å²) in [6.07, 6.45) is 13.0. The second-order valence-corrected chi connectivity index (χ2v) is 14.6. The van der Waals surface area contributed by atoms with Crippen LogP contribution in [0.4, 0.5) is 0 Å². The maximum absolute atomic E-state index is 2.53. The van der Waals surface area contributed by atoms with Crippen LogP contribution in [0, 0.1) is 0 Å². The number of benzene rings is 8. The number of hydrogen-bond donors (Lipinski definition) is 0. The molecule has 0 saturated heterocycles. The third-order valence-corrected chi connectivity index (χ3v) is 11.4. The summed E-state index contributed by atoms with van der Waals surface area (Å²) in [5.41, 5.74) is 14.0. The zero-order valence-corrected chi connectivity index (χ0v) is 30.3. The summed E-state index contributed by atoms with van der Waals surface area (Å²) in [6.45, 7) is 0. The van der Waals surface area contributed by atoms with Gasteiger partial charge in [0, 0.05) is 5.92 Å². The average molecular weight is 689 g/mol. The summed E-state index contributed by atoms with van der Waals surface area (Å²) < 4.78 is 0. The van der Waals surface area contributed by atoms with Crippen LogP contribution in [0.15, 0.2) is 188 Å². The lowest BCUT2D eigenvalue weighted by Crippen LogP contribution is -2.26. The Balaban J connectivity index is 1.29. The number of hydrogen-bond acceptors (Lipinski definition) is 0. The molecule has 2 aliphatic rings. The Morgan fingerprint density at radius 1 is 0.352 bits per heavy atom. The molecule has 0 spiro atoms. The van der Waals surface area contributed by atoms with Crippen LogP contribution >= 0.6 is 0 Å². The molecule has 0 fully saturated rings. The Hall–Kier alpha value is -6.50. The summed E-state index contributed by atoms with van der Waals surface area (Å²) >= 11 is 0.